The van der Waals surface area contributed by atoms with Crippen LogP contribution >= 0.6 is 0 Å². The van der Waals surface area contributed by atoms with E-state index in [0.717, 1.165) is 22.4 Å². The van der Waals surface area contributed by atoms with E-state index >= 15 is 0 Å². The summed E-state index contributed by atoms with van der Waals surface area (Å²) in [5.41, 5.74) is 5.44. The van der Waals surface area contributed by atoms with Crippen molar-refractivity contribution in [3.8, 4) is 5.75 Å². The lowest BCUT2D eigenvalue weighted by Crippen LogP contribution is -2.40. The third-order valence-corrected chi connectivity index (χ3v) is 6.09. The molecule has 0 bridgehead atoms. The fourth-order valence-corrected chi connectivity index (χ4v) is 4.14. The number of methoxy groups -OCH3 is 1. The molecule has 0 radical (unpaired) electrons. The second kappa shape index (κ2) is 10.4. The molecule has 186 valence electrons. The van der Waals surface area contributed by atoms with Crippen LogP contribution in [0.3, 0.4) is 0 Å². The molecule has 3 aromatic carbocycles. The Morgan fingerprint density at radius 2 is 1.46 bits per heavy atom. The maximum Gasteiger partial charge on any atom is 0.332 e. The lowest BCUT2D eigenvalue weighted by atomic mass is 10.2. The summed E-state index contributed by atoms with van der Waals surface area (Å²) in [6.07, 6.45) is 1.65. The van der Waals surface area contributed by atoms with Crippen molar-refractivity contribution in [3.63, 3.8) is 0 Å². The van der Waals surface area contributed by atoms with E-state index in [9.17, 15) is 9.59 Å². The van der Waals surface area contributed by atoms with E-state index in [1.807, 2.05) is 84.9 Å². The number of benzene rings is 3. The van der Waals surface area contributed by atoms with E-state index in [-0.39, 0.29) is 12.2 Å². The molecule has 1 N–H and O–H groups in total. The van der Waals surface area contributed by atoms with Crippen LogP contribution in [-0.4, -0.2) is 32.0 Å². The van der Waals surface area contributed by atoms with Crippen molar-refractivity contribution >= 4 is 23.3 Å². The van der Waals surface area contributed by atoms with Gasteiger partial charge in [-0.1, -0.05) is 60.7 Å². The highest BCUT2D eigenvalue weighted by atomic mass is 16.5. The second-order valence-corrected chi connectivity index (χ2v) is 8.54. The van der Waals surface area contributed by atoms with E-state index in [1.165, 1.54) is 9.13 Å². The Hall–Kier alpha value is -4.92. The summed E-state index contributed by atoms with van der Waals surface area (Å²) in [6.45, 7) is 0.535. The summed E-state index contributed by atoms with van der Waals surface area (Å²) in [6, 6.07) is 26.6. The van der Waals surface area contributed by atoms with Gasteiger partial charge in [0.15, 0.2) is 11.2 Å². The van der Waals surface area contributed by atoms with Crippen molar-refractivity contribution in [3.05, 3.63) is 122 Å². The van der Waals surface area contributed by atoms with Gasteiger partial charge in [-0.3, -0.25) is 18.5 Å². The zero-order valence-electron chi connectivity index (χ0n) is 20.5. The number of hydrogen-bond acceptors (Lipinski definition) is 6. The number of anilines is 1. The molecule has 9 heteroatoms. The molecule has 37 heavy (non-hydrogen) atoms. The molecule has 9 nitrogen and oxygen atoms in total. The highest BCUT2D eigenvalue weighted by Gasteiger charge is 2.20. The molecule has 0 atom stereocenters. The molecule has 0 unspecified atom stereocenters. The number of hydrazone groups is 1. The fraction of sp³-hybridized carbons (Fsp3) is 0.143. The van der Waals surface area contributed by atoms with Gasteiger partial charge in [0.1, 0.15) is 5.75 Å². The van der Waals surface area contributed by atoms with Gasteiger partial charge in [0, 0.05) is 7.05 Å². The van der Waals surface area contributed by atoms with Crippen LogP contribution in [0.1, 0.15) is 16.7 Å². The largest absolute Gasteiger partial charge is 0.497 e. The van der Waals surface area contributed by atoms with E-state index in [0.29, 0.717) is 18.0 Å². The first kappa shape index (κ1) is 23.8. The van der Waals surface area contributed by atoms with E-state index < -0.39 is 11.2 Å². The molecule has 0 amide bonds. The molecule has 2 heterocycles. The number of ether oxygens (including phenoxy) is 1. The first-order valence-corrected chi connectivity index (χ1v) is 11.8. The molecule has 0 aliphatic carbocycles. The molecule has 2 aromatic heterocycles. The number of aromatic nitrogens is 4. The summed E-state index contributed by atoms with van der Waals surface area (Å²) in [5.74, 6) is 1.11. The van der Waals surface area contributed by atoms with Crippen LogP contribution in [-0.2, 0) is 20.1 Å². The van der Waals surface area contributed by atoms with Gasteiger partial charge < -0.3 is 4.74 Å². The quantitative estimate of drug-likeness (QED) is 0.263. The van der Waals surface area contributed by atoms with Crippen molar-refractivity contribution < 1.29 is 4.74 Å². The average molecular weight is 495 g/mol. The summed E-state index contributed by atoms with van der Waals surface area (Å²) in [5, 5.41) is 4.34. The first-order valence-electron chi connectivity index (χ1n) is 11.8. The molecule has 0 spiro atoms. The van der Waals surface area contributed by atoms with Crippen LogP contribution in [0.5, 0.6) is 5.75 Å². The lowest BCUT2D eigenvalue weighted by molar-refractivity contribution is 0.415. The lowest BCUT2D eigenvalue weighted by Gasteiger charge is -2.11. The van der Waals surface area contributed by atoms with Gasteiger partial charge in [-0.25, -0.2) is 10.2 Å². The summed E-state index contributed by atoms with van der Waals surface area (Å²) < 4.78 is 9.60. The zero-order chi connectivity index (χ0) is 25.8. The Bertz CT molecular complexity index is 1670. The topological polar surface area (TPSA) is 95.4 Å². The number of aryl methyl sites for hydroxylation is 1. The third kappa shape index (κ3) is 4.92. The zero-order valence-corrected chi connectivity index (χ0v) is 20.5. The monoisotopic (exact) mass is 494 g/mol. The summed E-state index contributed by atoms with van der Waals surface area (Å²) in [7, 11) is 3.23. The molecular weight excluding hydrogens is 468 g/mol. The summed E-state index contributed by atoms with van der Waals surface area (Å²) >= 11 is 0. The van der Waals surface area contributed by atoms with Crippen molar-refractivity contribution in [2.24, 2.45) is 12.1 Å². The number of nitrogens with one attached hydrogen (secondary N) is 1. The molecular formula is C28H26N6O3. The molecule has 5 aromatic rings. The highest BCUT2D eigenvalue weighted by Crippen LogP contribution is 2.18. The molecule has 5 rings (SSSR count). The number of rotatable bonds is 8. The maximum absolute atomic E-state index is 13.7. The van der Waals surface area contributed by atoms with Crippen LogP contribution in [0.2, 0.25) is 0 Å². The van der Waals surface area contributed by atoms with Crippen molar-refractivity contribution in [1.29, 1.82) is 0 Å². The third-order valence-electron chi connectivity index (χ3n) is 6.09. The standard InChI is InChI=1S/C28H26N6O3/c1-32-25-24(26(35)34(28(32)36)19-22-11-7-4-8-12-22)33(18-21-9-5-3-6-10-21)27(30-25)31-29-17-20-13-15-23(37-2)16-14-20/h3-17H,18-19H2,1-2H3,(H,30,31)/b29-17-. The number of imidazole rings is 1. The van der Waals surface area contributed by atoms with Crippen LogP contribution in [0.15, 0.2) is 99.6 Å². The second-order valence-electron chi connectivity index (χ2n) is 8.54. The molecule has 0 aliphatic heterocycles. The average Bonchev–Trinajstić information content (AvgIpc) is 3.29. The molecule has 0 saturated heterocycles. The van der Waals surface area contributed by atoms with Gasteiger partial charge in [0.25, 0.3) is 5.56 Å². The van der Waals surface area contributed by atoms with Crippen LogP contribution in [0, 0.1) is 0 Å². The molecule has 0 fully saturated rings. The normalized spacial score (nSPS) is 11.3. The Balaban J connectivity index is 1.60. The van der Waals surface area contributed by atoms with Crippen molar-refractivity contribution in [1.82, 2.24) is 18.7 Å². The minimum Gasteiger partial charge on any atom is -0.497 e. The Morgan fingerprint density at radius 3 is 2.05 bits per heavy atom. The van der Waals surface area contributed by atoms with Gasteiger partial charge in [-0.15, -0.1) is 0 Å². The summed E-state index contributed by atoms with van der Waals surface area (Å²) in [4.78, 5) is 31.5. The molecule has 0 saturated carbocycles. The Kier molecular flexibility index (Phi) is 6.67. The highest BCUT2D eigenvalue weighted by molar-refractivity contribution is 5.80. The smallest absolute Gasteiger partial charge is 0.332 e. The Labute approximate surface area is 212 Å². The van der Waals surface area contributed by atoms with Crippen molar-refractivity contribution in [2.75, 3.05) is 12.5 Å². The van der Waals surface area contributed by atoms with Crippen LogP contribution < -0.4 is 21.4 Å². The van der Waals surface area contributed by atoms with E-state index in [4.69, 9.17) is 4.74 Å². The van der Waals surface area contributed by atoms with Crippen LogP contribution in [0.25, 0.3) is 11.2 Å². The predicted molar refractivity (Wildman–Crippen MR) is 145 cm³/mol. The van der Waals surface area contributed by atoms with Gasteiger partial charge in [0.2, 0.25) is 5.95 Å². The first-order chi connectivity index (χ1) is 18.0. The fourth-order valence-electron chi connectivity index (χ4n) is 4.14. The van der Waals surface area contributed by atoms with Crippen molar-refractivity contribution in [2.45, 2.75) is 13.1 Å². The number of fused-ring (bicyclic) bond motifs is 1. The van der Waals surface area contributed by atoms with Gasteiger partial charge in [-0.2, -0.15) is 10.1 Å². The van der Waals surface area contributed by atoms with Gasteiger partial charge in [0.05, 0.1) is 26.4 Å². The minimum atomic E-state index is -0.431. The number of nitrogens with zero attached hydrogens (tertiary/aromatic N) is 5. The van der Waals surface area contributed by atoms with E-state index in [2.05, 4.69) is 15.5 Å². The SMILES string of the molecule is COc1ccc(/C=N\Nc2nc3c(c(=O)n(Cc4ccccc4)c(=O)n3C)n2Cc2ccccc2)cc1. The molecule has 0 aliphatic rings. The van der Waals surface area contributed by atoms with Gasteiger partial charge in [-0.05, 0) is 41.0 Å². The predicted octanol–water partition coefficient (Wildman–Crippen LogP) is 3.45. The minimum absolute atomic E-state index is 0.164. The van der Waals surface area contributed by atoms with Crippen LogP contribution in [0.4, 0.5) is 5.95 Å². The van der Waals surface area contributed by atoms with Gasteiger partial charge >= 0.3 is 5.69 Å². The van der Waals surface area contributed by atoms with E-state index in [1.54, 1.807) is 24.9 Å². The number of hydrogen-bond donors (Lipinski definition) is 1. The maximum atomic E-state index is 13.7. The Morgan fingerprint density at radius 1 is 0.865 bits per heavy atom.